The van der Waals surface area contributed by atoms with E-state index in [0.717, 1.165) is 30.8 Å². The topological polar surface area (TPSA) is 47.5 Å². The van der Waals surface area contributed by atoms with Crippen LogP contribution in [0.3, 0.4) is 0 Å². The molecule has 3 heterocycles. The van der Waals surface area contributed by atoms with Gasteiger partial charge >= 0.3 is 0 Å². The Bertz CT molecular complexity index is 868. The lowest BCUT2D eigenvalue weighted by Crippen LogP contribution is -2.23. The second-order valence-corrected chi connectivity index (χ2v) is 6.77. The number of hydrogen-bond acceptors (Lipinski definition) is 5. The molecular weight excluding hydrogens is 338 g/mol. The van der Waals surface area contributed by atoms with Crippen LogP contribution in [0.25, 0.3) is 0 Å². The van der Waals surface area contributed by atoms with Crippen LogP contribution in [0.5, 0.6) is 11.6 Å². The van der Waals surface area contributed by atoms with Gasteiger partial charge in [0.05, 0.1) is 0 Å². The molecule has 5 nitrogen and oxygen atoms in total. The van der Waals surface area contributed by atoms with Crippen LogP contribution >= 0.6 is 0 Å². The molecule has 138 valence electrons. The first-order valence-electron chi connectivity index (χ1n) is 9.20. The third kappa shape index (κ3) is 4.44. The Labute approximate surface area is 159 Å². The van der Waals surface area contributed by atoms with Crippen molar-refractivity contribution in [3.63, 3.8) is 0 Å². The highest BCUT2D eigenvalue weighted by atomic mass is 16.6. The van der Waals surface area contributed by atoms with Gasteiger partial charge in [0.25, 0.3) is 5.88 Å². The highest BCUT2D eigenvalue weighted by Gasteiger charge is 2.23. The number of benzene rings is 1. The number of fused-ring (bicyclic) bond motifs is 1. The summed E-state index contributed by atoms with van der Waals surface area (Å²) >= 11 is 0. The Morgan fingerprint density at radius 1 is 1.00 bits per heavy atom. The average Bonchev–Trinajstić information content (AvgIpc) is 2.73. The van der Waals surface area contributed by atoms with E-state index in [9.17, 15) is 0 Å². The van der Waals surface area contributed by atoms with E-state index >= 15 is 0 Å². The lowest BCUT2D eigenvalue weighted by atomic mass is 10.1. The van der Waals surface area contributed by atoms with Gasteiger partial charge in [-0.25, -0.2) is 4.98 Å². The predicted octanol–water partition coefficient (Wildman–Crippen LogP) is 3.66. The maximum atomic E-state index is 5.97. The fourth-order valence-corrected chi connectivity index (χ4v) is 3.15. The summed E-state index contributed by atoms with van der Waals surface area (Å²) in [5.74, 6) is 1.27. The molecule has 0 aliphatic carbocycles. The number of likely N-dealkylation sites (N-methyl/N-ethyl adjacent to an activating group) is 1. The summed E-state index contributed by atoms with van der Waals surface area (Å²) in [7, 11) is 2.14. The van der Waals surface area contributed by atoms with E-state index in [1.165, 1.54) is 5.56 Å². The molecule has 1 unspecified atom stereocenters. The zero-order chi connectivity index (χ0) is 18.5. The van der Waals surface area contributed by atoms with Crippen LogP contribution in [0.2, 0.25) is 0 Å². The maximum absolute atomic E-state index is 5.97. The van der Waals surface area contributed by atoms with E-state index in [4.69, 9.17) is 9.47 Å². The minimum absolute atomic E-state index is 0.122. The van der Waals surface area contributed by atoms with Crippen molar-refractivity contribution in [1.29, 1.82) is 0 Å². The van der Waals surface area contributed by atoms with Gasteiger partial charge in [0.15, 0.2) is 11.9 Å². The van der Waals surface area contributed by atoms with Gasteiger partial charge in [0.2, 0.25) is 0 Å². The van der Waals surface area contributed by atoms with E-state index in [1.54, 1.807) is 6.20 Å². The molecule has 4 rings (SSSR count). The van der Waals surface area contributed by atoms with Crippen LogP contribution in [0.4, 0.5) is 0 Å². The average molecular weight is 361 g/mol. The standard InChI is InChI=1S/C22H23N3O2/c1-25(14-11-19-5-2-3-12-23-19)15-17-7-9-18(10-8-17)21-16-26-20-6-4-13-24-22(20)27-21/h2-10,12-13,21H,11,14-16H2,1H3. The Balaban J connectivity index is 1.32. The lowest BCUT2D eigenvalue weighted by Gasteiger charge is -2.25. The largest absolute Gasteiger partial charge is 0.484 e. The van der Waals surface area contributed by atoms with Crippen LogP contribution in [0.1, 0.15) is 22.9 Å². The van der Waals surface area contributed by atoms with E-state index in [-0.39, 0.29) is 6.10 Å². The second kappa shape index (κ2) is 8.18. The Hall–Kier alpha value is -2.92. The third-order valence-corrected chi connectivity index (χ3v) is 4.66. The molecule has 1 aromatic carbocycles. The molecule has 3 aromatic rings. The number of hydrogen-bond donors (Lipinski definition) is 0. The van der Waals surface area contributed by atoms with Crippen molar-refractivity contribution in [3.8, 4) is 11.6 Å². The number of ether oxygens (including phenoxy) is 2. The van der Waals surface area contributed by atoms with Crippen LogP contribution in [0.15, 0.2) is 67.0 Å². The summed E-state index contributed by atoms with van der Waals surface area (Å²) in [6.07, 6.45) is 4.39. The summed E-state index contributed by atoms with van der Waals surface area (Å²) in [6.45, 7) is 2.38. The molecule has 0 spiro atoms. The monoisotopic (exact) mass is 361 g/mol. The molecule has 0 saturated heterocycles. The van der Waals surface area contributed by atoms with E-state index < -0.39 is 0 Å². The van der Waals surface area contributed by atoms with Crippen molar-refractivity contribution in [2.75, 3.05) is 20.2 Å². The second-order valence-electron chi connectivity index (χ2n) is 6.77. The van der Waals surface area contributed by atoms with Crippen LogP contribution < -0.4 is 9.47 Å². The summed E-state index contributed by atoms with van der Waals surface area (Å²) < 4.78 is 11.7. The SMILES string of the molecule is CN(CCc1ccccn1)Cc1ccc(C2COc3cccnc3O2)cc1. The summed E-state index contributed by atoms with van der Waals surface area (Å²) in [5.41, 5.74) is 3.51. The normalized spacial score (nSPS) is 15.7. The molecule has 0 amide bonds. The van der Waals surface area contributed by atoms with Crippen molar-refractivity contribution >= 4 is 0 Å². The van der Waals surface area contributed by atoms with E-state index in [0.29, 0.717) is 18.2 Å². The first-order chi connectivity index (χ1) is 13.3. The smallest absolute Gasteiger partial charge is 0.257 e. The fraction of sp³-hybridized carbons (Fsp3) is 0.273. The van der Waals surface area contributed by atoms with Gasteiger partial charge < -0.3 is 14.4 Å². The van der Waals surface area contributed by atoms with E-state index in [1.807, 2.05) is 30.5 Å². The molecular formula is C22H23N3O2. The first-order valence-corrected chi connectivity index (χ1v) is 9.20. The van der Waals surface area contributed by atoms with Crippen molar-refractivity contribution in [2.45, 2.75) is 19.1 Å². The first kappa shape index (κ1) is 17.5. The number of aromatic nitrogens is 2. The molecule has 1 aliphatic rings. The molecule has 0 N–H and O–H groups in total. The summed E-state index contributed by atoms with van der Waals surface area (Å²) in [5, 5.41) is 0. The maximum Gasteiger partial charge on any atom is 0.257 e. The molecule has 0 bridgehead atoms. The molecule has 1 atom stereocenters. The van der Waals surface area contributed by atoms with Gasteiger partial charge in [-0.1, -0.05) is 30.3 Å². The van der Waals surface area contributed by atoms with Crippen molar-refractivity contribution in [3.05, 3.63) is 83.8 Å². The fourth-order valence-electron chi connectivity index (χ4n) is 3.15. The van der Waals surface area contributed by atoms with Crippen molar-refractivity contribution in [2.24, 2.45) is 0 Å². The number of rotatable bonds is 6. The van der Waals surface area contributed by atoms with Gasteiger partial charge in [-0.3, -0.25) is 4.98 Å². The molecule has 0 saturated carbocycles. The molecule has 2 aromatic heterocycles. The van der Waals surface area contributed by atoms with Crippen molar-refractivity contribution in [1.82, 2.24) is 14.9 Å². The van der Waals surface area contributed by atoms with Gasteiger partial charge in [0.1, 0.15) is 6.61 Å². The van der Waals surface area contributed by atoms with E-state index in [2.05, 4.69) is 52.2 Å². The van der Waals surface area contributed by atoms with Crippen molar-refractivity contribution < 1.29 is 9.47 Å². The molecule has 0 fully saturated rings. The van der Waals surface area contributed by atoms with Crippen LogP contribution in [-0.2, 0) is 13.0 Å². The zero-order valence-corrected chi connectivity index (χ0v) is 15.4. The summed E-state index contributed by atoms with van der Waals surface area (Å²) in [6, 6.07) is 18.3. The third-order valence-electron chi connectivity index (χ3n) is 4.66. The summed E-state index contributed by atoms with van der Waals surface area (Å²) in [4.78, 5) is 10.9. The molecule has 5 heteroatoms. The Morgan fingerprint density at radius 2 is 1.85 bits per heavy atom. The highest BCUT2D eigenvalue weighted by molar-refractivity contribution is 5.35. The van der Waals surface area contributed by atoms with Crippen LogP contribution in [0, 0.1) is 0 Å². The number of nitrogens with zero attached hydrogens (tertiary/aromatic N) is 3. The number of pyridine rings is 2. The Kier molecular flexibility index (Phi) is 5.30. The lowest BCUT2D eigenvalue weighted by molar-refractivity contribution is 0.0851. The molecule has 0 radical (unpaired) electrons. The van der Waals surface area contributed by atoms with Gasteiger partial charge in [-0.05, 0) is 42.4 Å². The minimum atomic E-state index is -0.122. The highest BCUT2D eigenvalue weighted by Crippen LogP contribution is 2.33. The quantitative estimate of drug-likeness (QED) is 0.670. The van der Waals surface area contributed by atoms with Gasteiger partial charge in [0, 0.05) is 37.6 Å². The van der Waals surface area contributed by atoms with Crippen LogP contribution in [-0.4, -0.2) is 35.1 Å². The minimum Gasteiger partial charge on any atom is -0.484 e. The van der Waals surface area contributed by atoms with Gasteiger partial charge in [-0.2, -0.15) is 0 Å². The predicted molar refractivity (Wildman–Crippen MR) is 104 cm³/mol. The Morgan fingerprint density at radius 3 is 2.67 bits per heavy atom. The van der Waals surface area contributed by atoms with Gasteiger partial charge in [-0.15, -0.1) is 0 Å². The molecule has 1 aliphatic heterocycles. The molecule has 27 heavy (non-hydrogen) atoms. The zero-order valence-electron chi connectivity index (χ0n) is 15.4.